The Morgan fingerprint density at radius 3 is 2.29 bits per heavy atom. The number of benzene rings is 1. The minimum Gasteiger partial charge on any atom is -0.399 e. The predicted octanol–water partition coefficient (Wildman–Crippen LogP) is 3.91. The summed E-state index contributed by atoms with van der Waals surface area (Å²) in [5.41, 5.74) is 9.54. The monoisotopic (exact) mass is 191 g/mol. The van der Waals surface area contributed by atoms with Crippen molar-refractivity contribution in [3.05, 3.63) is 29.3 Å². The van der Waals surface area contributed by atoms with Crippen LogP contribution in [0.25, 0.3) is 0 Å². The molecular formula is C13H21N. The Labute approximate surface area is 87.3 Å². The lowest BCUT2D eigenvalue weighted by Crippen LogP contribution is -2.01. The molecule has 1 aromatic rings. The van der Waals surface area contributed by atoms with Gasteiger partial charge in [0.25, 0.3) is 0 Å². The minimum atomic E-state index is 0.558. The van der Waals surface area contributed by atoms with Crippen molar-refractivity contribution >= 4 is 5.69 Å². The SMILES string of the molecule is CCC(C)c1ccc(N)cc1C(C)C. The van der Waals surface area contributed by atoms with Crippen LogP contribution in [0, 0.1) is 0 Å². The molecule has 0 fully saturated rings. The van der Waals surface area contributed by atoms with E-state index in [9.17, 15) is 0 Å². The van der Waals surface area contributed by atoms with Crippen LogP contribution in [0.1, 0.15) is 57.1 Å². The molecule has 0 amide bonds. The van der Waals surface area contributed by atoms with Crippen LogP contribution < -0.4 is 5.73 Å². The summed E-state index contributed by atoms with van der Waals surface area (Å²) >= 11 is 0. The van der Waals surface area contributed by atoms with Crippen molar-refractivity contribution in [1.29, 1.82) is 0 Å². The van der Waals surface area contributed by atoms with Gasteiger partial charge < -0.3 is 5.73 Å². The van der Waals surface area contributed by atoms with Crippen LogP contribution in [0.5, 0.6) is 0 Å². The third-order valence-corrected chi connectivity index (χ3v) is 2.88. The molecule has 1 rings (SSSR count). The van der Waals surface area contributed by atoms with E-state index in [0.29, 0.717) is 11.8 Å². The van der Waals surface area contributed by atoms with Crippen LogP contribution in [-0.4, -0.2) is 0 Å². The molecule has 0 saturated carbocycles. The van der Waals surface area contributed by atoms with Crippen molar-refractivity contribution in [3.63, 3.8) is 0 Å². The van der Waals surface area contributed by atoms with E-state index in [2.05, 4.69) is 39.8 Å². The molecule has 0 spiro atoms. The topological polar surface area (TPSA) is 26.0 Å². The van der Waals surface area contributed by atoms with Gasteiger partial charge in [0.1, 0.15) is 0 Å². The summed E-state index contributed by atoms with van der Waals surface area (Å²) in [7, 11) is 0. The lowest BCUT2D eigenvalue weighted by molar-refractivity contribution is 0.708. The Morgan fingerprint density at radius 1 is 1.14 bits per heavy atom. The molecular weight excluding hydrogens is 170 g/mol. The second-order valence-electron chi connectivity index (χ2n) is 4.35. The molecule has 0 aromatic heterocycles. The standard InChI is InChI=1S/C13H21N/c1-5-10(4)12-7-6-11(14)8-13(12)9(2)3/h6-10H,5,14H2,1-4H3. The van der Waals surface area contributed by atoms with Gasteiger partial charge in [-0.15, -0.1) is 0 Å². The minimum absolute atomic E-state index is 0.558. The van der Waals surface area contributed by atoms with Crippen molar-refractivity contribution < 1.29 is 0 Å². The van der Waals surface area contributed by atoms with E-state index in [1.807, 2.05) is 6.07 Å². The maximum absolute atomic E-state index is 5.81. The van der Waals surface area contributed by atoms with Crippen molar-refractivity contribution in [3.8, 4) is 0 Å². The second-order valence-corrected chi connectivity index (χ2v) is 4.35. The maximum Gasteiger partial charge on any atom is 0.0317 e. The molecule has 1 unspecified atom stereocenters. The molecule has 0 saturated heterocycles. The van der Waals surface area contributed by atoms with E-state index in [1.54, 1.807) is 0 Å². The first-order chi connectivity index (χ1) is 6.56. The number of rotatable bonds is 3. The van der Waals surface area contributed by atoms with Gasteiger partial charge >= 0.3 is 0 Å². The van der Waals surface area contributed by atoms with Crippen molar-refractivity contribution in [2.24, 2.45) is 0 Å². The quantitative estimate of drug-likeness (QED) is 0.720. The van der Waals surface area contributed by atoms with Crippen LogP contribution in [-0.2, 0) is 0 Å². The predicted molar refractivity (Wildman–Crippen MR) is 63.6 cm³/mol. The van der Waals surface area contributed by atoms with Gasteiger partial charge in [0, 0.05) is 5.69 Å². The zero-order chi connectivity index (χ0) is 10.7. The lowest BCUT2D eigenvalue weighted by Gasteiger charge is -2.18. The first-order valence-electron chi connectivity index (χ1n) is 5.45. The van der Waals surface area contributed by atoms with Crippen LogP contribution >= 0.6 is 0 Å². The van der Waals surface area contributed by atoms with Gasteiger partial charge in [-0.2, -0.15) is 0 Å². The Bertz CT molecular complexity index is 302. The highest BCUT2D eigenvalue weighted by Gasteiger charge is 2.11. The fraction of sp³-hybridized carbons (Fsp3) is 0.538. The highest BCUT2D eigenvalue weighted by atomic mass is 14.5. The van der Waals surface area contributed by atoms with Crippen LogP contribution in [0.2, 0.25) is 0 Å². The summed E-state index contributed by atoms with van der Waals surface area (Å²) in [5, 5.41) is 0. The van der Waals surface area contributed by atoms with Gasteiger partial charge in [-0.05, 0) is 41.5 Å². The van der Waals surface area contributed by atoms with E-state index in [1.165, 1.54) is 17.5 Å². The summed E-state index contributed by atoms with van der Waals surface area (Å²) in [6.07, 6.45) is 1.18. The molecule has 1 atom stereocenters. The Kier molecular flexibility index (Phi) is 3.56. The van der Waals surface area contributed by atoms with Gasteiger partial charge in [-0.25, -0.2) is 0 Å². The van der Waals surface area contributed by atoms with E-state index in [0.717, 1.165) is 5.69 Å². The smallest absolute Gasteiger partial charge is 0.0317 e. The summed E-state index contributed by atoms with van der Waals surface area (Å²) in [6, 6.07) is 6.30. The lowest BCUT2D eigenvalue weighted by atomic mass is 9.88. The van der Waals surface area contributed by atoms with Gasteiger partial charge in [0.2, 0.25) is 0 Å². The van der Waals surface area contributed by atoms with Gasteiger partial charge in [-0.1, -0.05) is 33.8 Å². The van der Waals surface area contributed by atoms with Crippen molar-refractivity contribution in [2.75, 3.05) is 5.73 Å². The maximum atomic E-state index is 5.81. The molecule has 0 aliphatic heterocycles. The van der Waals surface area contributed by atoms with Crippen LogP contribution in [0.3, 0.4) is 0 Å². The molecule has 14 heavy (non-hydrogen) atoms. The molecule has 2 N–H and O–H groups in total. The number of nitrogens with two attached hydrogens (primary N) is 1. The average Bonchev–Trinajstić information content (AvgIpc) is 2.16. The molecule has 1 aromatic carbocycles. The Morgan fingerprint density at radius 2 is 1.79 bits per heavy atom. The summed E-state index contributed by atoms with van der Waals surface area (Å²) < 4.78 is 0. The Hall–Kier alpha value is -0.980. The summed E-state index contributed by atoms with van der Waals surface area (Å²) in [6.45, 7) is 8.95. The summed E-state index contributed by atoms with van der Waals surface area (Å²) in [4.78, 5) is 0. The largest absolute Gasteiger partial charge is 0.399 e. The van der Waals surface area contributed by atoms with Crippen molar-refractivity contribution in [1.82, 2.24) is 0 Å². The van der Waals surface area contributed by atoms with E-state index >= 15 is 0 Å². The highest BCUT2D eigenvalue weighted by Crippen LogP contribution is 2.29. The number of hydrogen-bond donors (Lipinski definition) is 1. The summed E-state index contributed by atoms with van der Waals surface area (Å²) in [5.74, 6) is 1.19. The molecule has 1 heteroatoms. The third-order valence-electron chi connectivity index (χ3n) is 2.88. The average molecular weight is 191 g/mol. The highest BCUT2D eigenvalue weighted by molar-refractivity contribution is 5.47. The number of anilines is 1. The molecule has 78 valence electrons. The van der Waals surface area contributed by atoms with Gasteiger partial charge in [-0.3, -0.25) is 0 Å². The van der Waals surface area contributed by atoms with E-state index < -0.39 is 0 Å². The number of hydrogen-bond acceptors (Lipinski definition) is 1. The molecule has 0 heterocycles. The normalized spacial score (nSPS) is 13.2. The first kappa shape index (κ1) is 11.1. The van der Waals surface area contributed by atoms with Crippen molar-refractivity contribution in [2.45, 2.75) is 46.0 Å². The second kappa shape index (κ2) is 4.50. The third kappa shape index (κ3) is 2.28. The first-order valence-corrected chi connectivity index (χ1v) is 5.45. The Balaban J connectivity index is 3.14. The van der Waals surface area contributed by atoms with Crippen LogP contribution in [0.15, 0.2) is 18.2 Å². The fourth-order valence-corrected chi connectivity index (χ4v) is 1.76. The van der Waals surface area contributed by atoms with Crippen LogP contribution in [0.4, 0.5) is 5.69 Å². The zero-order valence-corrected chi connectivity index (χ0v) is 9.67. The molecule has 1 nitrogen and oxygen atoms in total. The van der Waals surface area contributed by atoms with Gasteiger partial charge in [0.15, 0.2) is 0 Å². The van der Waals surface area contributed by atoms with E-state index in [4.69, 9.17) is 5.73 Å². The molecule has 0 bridgehead atoms. The van der Waals surface area contributed by atoms with E-state index in [-0.39, 0.29) is 0 Å². The molecule has 0 aliphatic carbocycles. The molecule has 0 radical (unpaired) electrons. The number of nitrogen functional groups attached to an aromatic ring is 1. The molecule has 0 aliphatic rings. The van der Waals surface area contributed by atoms with Gasteiger partial charge in [0.05, 0.1) is 0 Å². The zero-order valence-electron chi connectivity index (χ0n) is 9.67. The fourth-order valence-electron chi connectivity index (χ4n) is 1.76.